The van der Waals surface area contributed by atoms with E-state index in [0.717, 1.165) is 29.5 Å². The van der Waals surface area contributed by atoms with Gasteiger partial charge in [0.2, 0.25) is 0 Å². The number of alkyl halides is 2. The van der Waals surface area contributed by atoms with E-state index in [0.29, 0.717) is 18.3 Å². The summed E-state index contributed by atoms with van der Waals surface area (Å²) in [7, 11) is 3.21. The maximum Gasteiger partial charge on any atom is 0.387 e. The standard InChI is InChI=1S/C14H15N3O2.C10H10F2O/c1-17-13(18)12(16-14(17)15)11-7-3-5-10(9-11)6-4-8-19-2;11-10(12)13-9-4-2-1-3-8(9)7-5-6-7/h3,5,7,9,12H,8H2,1-2H3,(H2,15,16);1-4,7,10H,5-6H2/t12-;/m1./s1. The van der Waals surface area contributed by atoms with Crippen LogP contribution in [-0.4, -0.2) is 44.1 Å². The van der Waals surface area contributed by atoms with E-state index in [-0.39, 0.29) is 11.9 Å². The highest BCUT2D eigenvalue weighted by molar-refractivity contribution is 6.04. The van der Waals surface area contributed by atoms with Crippen molar-refractivity contribution in [1.82, 2.24) is 4.90 Å². The third-order valence-electron chi connectivity index (χ3n) is 4.97. The molecule has 0 unspecified atom stereocenters. The van der Waals surface area contributed by atoms with E-state index in [1.165, 1.54) is 4.90 Å². The summed E-state index contributed by atoms with van der Waals surface area (Å²) in [6.45, 7) is -2.35. The molecule has 8 heteroatoms. The lowest BCUT2D eigenvalue weighted by Gasteiger charge is -2.10. The van der Waals surface area contributed by atoms with E-state index < -0.39 is 12.7 Å². The fraction of sp³-hybridized carbons (Fsp3) is 0.333. The molecule has 1 aliphatic carbocycles. The molecule has 32 heavy (non-hydrogen) atoms. The molecule has 1 saturated carbocycles. The third-order valence-corrected chi connectivity index (χ3v) is 4.97. The first-order valence-electron chi connectivity index (χ1n) is 10.1. The first kappa shape index (κ1) is 23.2. The number of hydrogen-bond acceptors (Lipinski definition) is 5. The highest BCUT2D eigenvalue weighted by atomic mass is 19.3. The van der Waals surface area contributed by atoms with Crippen LogP contribution in [0.25, 0.3) is 0 Å². The molecule has 2 aromatic carbocycles. The molecule has 1 aliphatic heterocycles. The van der Waals surface area contributed by atoms with Crippen molar-refractivity contribution in [3.63, 3.8) is 0 Å². The Bertz CT molecular complexity index is 1040. The van der Waals surface area contributed by atoms with E-state index in [1.807, 2.05) is 36.4 Å². The molecule has 0 radical (unpaired) electrons. The number of aliphatic imine (C=N–C) groups is 1. The van der Waals surface area contributed by atoms with Crippen LogP contribution in [0.5, 0.6) is 5.75 Å². The number of carbonyl (C=O) groups is 1. The van der Waals surface area contributed by atoms with Crippen molar-refractivity contribution >= 4 is 11.9 Å². The number of methoxy groups -OCH3 is 1. The summed E-state index contributed by atoms with van der Waals surface area (Å²) < 4.78 is 33.2. The minimum absolute atomic E-state index is 0.125. The Morgan fingerprint density at radius 1 is 1.22 bits per heavy atom. The van der Waals surface area contributed by atoms with Crippen molar-refractivity contribution in [2.45, 2.75) is 31.4 Å². The van der Waals surface area contributed by atoms with Crippen LogP contribution in [0.1, 0.15) is 41.5 Å². The van der Waals surface area contributed by atoms with Crippen LogP contribution in [0, 0.1) is 11.8 Å². The SMILES string of the molecule is COCC#Cc1cccc([C@H]2N=C(N)N(C)C2=O)c1.FC(F)Oc1ccccc1C1CC1. The molecule has 168 valence electrons. The number of benzene rings is 2. The molecule has 6 nitrogen and oxygen atoms in total. The summed E-state index contributed by atoms with van der Waals surface area (Å²) in [6, 6.07) is 13.9. The van der Waals surface area contributed by atoms with Gasteiger partial charge in [-0.05, 0) is 48.1 Å². The normalized spacial score (nSPS) is 17.3. The van der Waals surface area contributed by atoms with Crippen LogP contribution >= 0.6 is 0 Å². The molecule has 4 rings (SSSR count). The number of amides is 1. The van der Waals surface area contributed by atoms with Crippen molar-refractivity contribution in [3.05, 3.63) is 65.2 Å². The maximum absolute atomic E-state index is 12.0. The topological polar surface area (TPSA) is 77.2 Å². The molecule has 1 heterocycles. The van der Waals surface area contributed by atoms with Gasteiger partial charge in [-0.1, -0.05) is 42.2 Å². The van der Waals surface area contributed by atoms with Crippen molar-refractivity contribution < 1.29 is 23.0 Å². The number of nitrogens with zero attached hydrogens (tertiary/aromatic N) is 2. The van der Waals surface area contributed by atoms with Gasteiger partial charge in [0.05, 0.1) is 0 Å². The second kappa shape index (κ2) is 10.7. The minimum atomic E-state index is -2.72. The largest absolute Gasteiger partial charge is 0.435 e. The lowest BCUT2D eigenvalue weighted by Crippen LogP contribution is -2.34. The second-order valence-electron chi connectivity index (χ2n) is 7.34. The molecule has 2 aliphatic rings. The lowest BCUT2D eigenvalue weighted by molar-refractivity contribution is -0.126. The summed E-state index contributed by atoms with van der Waals surface area (Å²) in [5.41, 5.74) is 8.18. The molecule has 0 aromatic heterocycles. The van der Waals surface area contributed by atoms with Gasteiger partial charge in [0.15, 0.2) is 12.0 Å². The Balaban J connectivity index is 0.000000193. The van der Waals surface area contributed by atoms with Gasteiger partial charge in [-0.2, -0.15) is 8.78 Å². The van der Waals surface area contributed by atoms with Crippen LogP contribution in [0.2, 0.25) is 0 Å². The van der Waals surface area contributed by atoms with Crippen molar-refractivity contribution in [2.75, 3.05) is 20.8 Å². The summed E-state index contributed by atoms with van der Waals surface area (Å²) >= 11 is 0. The van der Waals surface area contributed by atoms with Crippen molar-refractivity contribution in [3.8, 4) is 17.6 Å². The van der Waals surface area contributed by atoms with E-state index >= 15 is 0 Å². The molecule has 1 fully saturated rings. The summed E-state index contributed by atoms with van der Waals surface area (Å²) in [5, 5.41) is 0. The zero-order chi connectivity index (χ0) is 23.1. The summed E-state index contributed by atoms with van der Waals surface area (Å²) in [6.07, 6.45) is 2.17. The zero-order valence-electron chi connectivity index (χ0n) is 17.9. The minimum Gasteiger partial charge on any atom is -0.435 e. The molecule has 1 atom stereocenters. The number of carbonyl (C=O) groups excluding carboxylic acids is 1. The first-order valence-corrected chi connectivity index (χ1v) is 10.1. The summed E-state index contributed by atoms with van der Waals surface area (Å²) in [4.78, 5) is 17.5. The van der Waals surface area contributed by atoms with Crippen LogP contribution in [-0.2, 0) is 9.53 Å². The van der Waals surface area contributed by atoms with Crippen LogP contribution < -0.4 is 10.5 Å². The van der Waals surface area contributed by atoms with E-state index in [1.54, 1.807) is 26.3 Å². The molecule has 1 amide bonds. The fourth-order valence-electron chi connectivity index (χ4n) is 3.20. The maximum atomic E-state index is 12.0. The highest BCUT2D eigenvalue weighted by Crippen LogP contribution is 2.44. The van der Waals surface area contributed by atoms with E-state index in [2.05, 4.69) is 21.6 Å². The predicted molar refractivity (Wildman–Crippen MR) is 117 cm³/mol. The average Bonchev–Trinajstić information content (AvgIpc) is 3.59. The quantitative estimate of drug-likeness (QED) is 0.719. The Morgan fingerprint density at radius 2 is 1.97 bits per heavy atom. The van der Waals surface area contributed by atoms with Gasteiger partial charge >= 0.3 is 6.61 Å². The molecule has 2 N–H and O–H groups in total. The first-order chi connectivity index (χ1) is 15.4. The number of likely N-dealkylation sites (N-methyl/N-ethyl adjacent to an activating group) is 1. The van der Waals surface area contributed by atoms with Crippen LogP contribution in [0.4, 0.5) is 8.78 Å². The molecular formula is C24H25F2N3O3. The number of ether oxygens (including phenoxy) is 2. The number of para-hydroxylation sites is 1. The van der Waals surface area contributed by atoms with Crippen molar-refractivity contribution in [2.24, 2.45) is 10.7 Å². The molecule has 0 bridgehead atoms. The average molecular weight is 441 g/mol. The Hall–Kier alpha value is -3.44. The van der Waals surface area contributed by atoms with Gasteiger partial charge in [-0.3, -0.25) is 9.69 Å². The second-order valence-corrected chi connectivity index (χ2v) is 7.34. The fourth-order valence-corrected chi connectivity index (χ4v) is 3.20. The Kier molecular flexibility index (Phi) is 7.79. The molecular weight excluding hydrogens is 416 g/mol. The number of halogens is 2. The van der Waals surface area contributed by atoms with Gasteiger partial charge in [0, 0.05) is 19.7 Å². The van der Waals surface area contributed by atoms with Gasteiger partial charge in [-0.25, -0.2) is 4.99 Å². The number of nitrogens with two attached hydrogens (primary N) is 1. The molecule has 0 saturated heterocycles. The Labute approximate surface area is 186 Å². The van der Waals surface area contributed by atoms with E-state index in [4.69, 9.17) is 10.5 Å². The van der Waals surface area contributed by atoms with Crippen LogP contribution in [0.3, 0.4) is 0 Å². The Morgan fingerprint density at radius 3 is 2.59 bits per heavy atom. The van der Waals surface area contributed by atoms with Gasteiger partial charge in [-0.15, -0.1) is 0 Å². The summed E-state index contributed by atoms with van der Waals surface area (Å²) in [5.74, 6) is 6.73. The van der Waals surface area contributed by atoms with Gasteiger partial charge in [0.25, 0.3) is 5.91 Å². The van der Waals surface area contributed by atoms with Gasteiger partial charge in [0.1, 0.15) is 12.4 Å². The number of guanidine groups is 1. The van der Waals surface area contributed by atoms with Crippen LogP contribution in [0.15, 0.2) is 53.5 Å². The van der Waals surface area contributed by atoms with Crippen molar-refractivity contribution in [1.29, 1.82) is 0 Å². The van der Waals surface area contributed by atoms with E-state index in [9.17, 15) is 13.6 Å². The molecule has 2 aromatic rings. The third kappa shape index (κ3) is 6.05. The zero-order valence-corrected chi connectivity index (χ0v) is 17.9. The highest BCUT2D eigenvalue weighted by Gasteiger charge is 2.31. The monoisotopic (exact) mass is 441 g/mol. The smallest absolute Gasteiger partial charge is 0.387 e. The predicted octanol–water partition coefficient (Wildman–Crippen LogP) is 3.68. The number of hydrogen-bond donors (Lipinski definition) is 1. The lowest BCUT2D eigenvalue weighted by atomic mass is 10.0. The van der Waals surface area contributed by atoms with Gasteiger partial charge < -0.3 is 15.2 Å². The number of rotatable bonds is 5. The molecule has 0 spiro atoms.